The predicted molar refractivity (Wildman–Crippen MR) is 128 cm³/mol. The van der Waals surface area contributed by atoms with Gasteiger partial charge in [-0.25, -0.2) is 0 Å². The number of rotatable bonds is 4. The molecule has 5 nitrogen and oxygen atoms in total. The zero-order valence-electron chi connectivity index (χ0n) is 19.3. The van der Waals surface area contributed by atoms with E-state index in [1.165, 1.54) is 18.4 Å². The number of furan rings is 1. The van der Waals surface area contributed by atoms with Crippen LogP contribution in [0.1, 0.15) is 53.8 Å². The van der Waals surface area contributed by atoms with E-state index in [1.54, 1.807) is 7.11 Å². The lowest BCUT2D eigenvalue weighted by Crippen LogP contribution is -2.35. The first-order chi connectivity index (χ1) is 15.7. The van der Waals surface area contributed by atoms with Crippen molar-refractivity contribution in [3.63, 3.8) is 0 Å². The molecule has 0 aliphatic carbocycles. The number of carbonyl (C=O) groups is 1. The Hall–Kier alpha value is -2.79. The molecule has 0 bridgehead atoms. The highest BCUT2D eigenvalue weighted by Crippen LogP contribution is 2.29. The summed E-state index contributed by atoms with van der Waals surface area (Å²) in [7, 11) is 1.65. The van der Waals surface area contributed by atoms with E-state index in [-0.39, 0.29) is 5.91 Å². The minimum Gasteiger partial charge on any atom is -0.497 e. The quantitative estimate of drug-likeness (QED) is 0.532. The van der Waals surface area contributed by atoms with Crippen LogP contribution in [-0.4, -0.2) is 49.0 Å². The largest absolute Gasteiger partial charge is 0.497 e. The van der Waals surface area contributed by atoms with Gasteiger partial charge in [0.1, 0.15) is 11.3 Å². The summed E-state index contributed by atoms with van der Waals surface area (Å²) in [5, 5.41) is 0.944. The van der Waals surface area contributed by atoms with Crippen LogP contribution in [0.25, 0.3) is 11.0 Å². The fraction of sp³-hybridized carbons (Fsp3) is 0.444. The van der Waals surface area contributed by atoms with Crippen molar-refractivity contribution >= 4 is 16.9 Å². The molecule has 4 rings (SSSR count). The third-order valence-corrected chi connectivity index (χ3v) is 6.43. The maximum Gasteiger partial charge on any atom is 0.289 e. The third-order valence-electron chi connectivity index (χ3n) is 6.43. The summed E-state index contributed by atoms with van der Waals surface area (Å²) in [5.74, 6) is 1.24. The van der Waals surface area contributed by atoms with E-state index in [4.69, 9.17) is 9.15 Å². The minimum atomic E-state index is 0.00604. The molecule has 3 aromatic rings. The van der Waals surface area contributed by atoms with Gasteiger partial charge < -0.3 is 14.1 Å². The lowest BCUT2D eigenvalue weighted by atomic mass is 10.1. The van der Waals surface area contributed by atoms with Crippen LogP contribution in [0.4, 0.5) is 0 Å². The molecule has 2 aromatic carbocycles. The summed E-state index contributed by atoms with van der Waals surface area (Å²) < 4.78 is 11.4. The summed E-state index contributed by atoms with van der Waals surface area (Å²) in [6, 6.07) is 16.4. The van der Waals surface area contributed by atoms with Crippen molar-refractivity contribution in [3.05, 3.63) is 65.4 Å². The van der Waals surface area contributed by atoms with Crippen LogP contribution in [0.15, 0.2) is 52.9 Å². The van der Waals surface area contributed by atoms with Crippen molar-refractivity contribution in [2.75, 3.05) is 33.3 Å². The second-order valence-corrected chi connectivity index (χ2v) is 8.74. The standard InChI is InChI=1S/C27H34N2O3/c1-21-24-19-23(31-2)13-14-25(24)32-26(21)27(30)29-17-9-4-3-8-15-28(16-10-18-29)20-22-11-6-5-7-12-22/h5-7,11-14,19H,3-4,8-10,15-18,20H2,1-2H3. The normalized spacial score (nSPS) is 16.6. The summed E-state index contributed by atoms with van der Waals surface area (Å²) in [6.45, 7) is 6.59. The molecule has 2 heterocycles. The van der Waals surface area contributed by atoms with Crippen LogP contribution in [0.5, 0.6) is 5.75 Å². The maximum absolute atomic E-state index is 13.5. The van der Waals surface area contributed by atoms with E-state index in [0.717, 1.165) is 74.3 Å². The molecular weight excluding hydrogens is 400 g/mol. The van der Waals surface area contributed by atoms with Crippen LogP contribution in [0, 0.1) is 6.92 Å². The van der Waals surface area contributed by atoms with E-state index >= 15 is 0 Å². The van der Waals surface area contributed by atoms with E-state index in [2.05, 4.69) is 35.2 Å². The van der Waals surface area contributed by atoms with Gasteiger partial charge in [-0.3, -0.25) is 9.69 Å². The second-order valence-electron chi connectivity index (χ2n) is 8.74. The molecule has 170 valence electrons. The number of methoxy groups -OCH3 is 1. The fourth-order valence-electron chi connectivity index (χ4n) is 4.58. The van der Waals surface area contributed by atoms with Gasteiger partial charge in [0.05, 0.1) is 7.11 Å². The molecule has 0 N–H and O–H groups in total. The highest BCUT2D eigenvalue weighted by atomic mass is 16.5. The van der Waals surface area contributed by atoms with E-state index in [9.17, 15) is 4.79 Å². The minimum absolute atomic E-state index is 0.00604. The van der Waals surface area contributed by atoms with Crippen LogP contribution in [0.3, 0.4) is 0 Å². The Morgan fingerprint density at radius 3 is 2.44 bits per heavy atom. The van der Waals surface area contributed by atoms with Crippen molar-refractivity contribution in [2.24, 2.45) is 0 Å². The van der Waals surface area contributed by atoms with Gasteiger partial charge in [0.15, 0.2) is 5.76 Å². The number of hydrogen-bond donors (Lipinski definition) is 0. The molecule has 1 saturated heterocycles. The van der Waals surface area contributed by atoms with Crippen LogP contribution in [0.2, 0.25) is 0 Å². The molecule has 1 aromatic heterocycles. The molecule has 1 aliphatic rings. The molecule has 0 spiro atoms. The zero-order chi connectivity index (χ0) is 22.3. The molecular formula is C27H34N2O3. The average Bonchev–Trinajstić information content (AvgIpc) is 3.12. The molecule has 0 radical (unpaired) electrons. The van der Waals surface area contributed by atoms with Gasteiger partial charge in [0.2, 0.25) is 0 Å². The molecule has 5 heteroatoms. The molecule has 1 fully saturated rings. The first-order valence-electron chi connectivity index (χ1n) is 11.8. The SMILES string of the molecule is COc1ccc2oc(C(=O)N3CCCCCCN(Cc4ccccc4)CCC3)c(C)c2c1. The Morgan fingerprint density at radius 2 is 1.66 bits per heavy atom. The number of nitrogens with zero attached hydrogens (tertiary/aromatic N) is 2. The monoisotopic (exact) mass is 434 g/mol. The van der Waals surface area contributed by atoms with Crippen LogP contribution >= 0.6 is 0 Å². The summed E-state index contributed by atoms with van der Waals surface area (Å²) in [4.78, 5) is 18.0. The van der Waals surface area contributed by atoms with Crippen molar-refractivity contribution in [3.8, 4) is 5.75 Å². The van der Waals surface area contributed by atoms with E-state index in [1.807, 2.05) is 30.0 Å². The van der Waals surface area contributed by atoms with E-state index in [0.29, 0.717) is 5.76 Å². The van der Waals surface area contributed by atoms with Crippen molar-refractivity contribution < 1.29 is 13.9 Å². The maximum atomic E-state index is 13.5. The molecule has 0 saturated carbocycles. The van der Waals surface area contributed by atoms with Gasteiger partial charge in [-0.2, -0.15) is 0 Å². The molecule has 0 unspecified atom stereocenters. The van der Waals surface area contributed by atoms with Gasteiger partial charge in [-0.15, -0.1) is 0 Å². The molecule has 0 atom stereocenters. The number of ether oxygens (including phenoxy) is 1. The van der Waals surface area contributed by atoms with E-state index < -0.39 is 0 Å². The van der Waals surface area contributed by atoms with Gasteiger partial charge in [-0.1, -0.05) is 43.2 Å². The smallest absolute Gasteiger partial charge is 0.289 e. The van der Waals surface area contributed by atoms with Crippen LogP contribution < -0.4 is 4.74 Å². The topological polar surface area (TPSA) is 45.9 Å². The van der Waals surface area contributed by atoms with Gasteiger partial charge in [0, 0.05) is 37.1 Å². The molecule has 1 aliphatic heterocycles. The molecule has 32 heavy (non-hydrogen) atoms. The highest BCUT2D eigenvalue weighted by Gasteiger charge is 2.24. The number of carbonyl (C=O) groups excluding carboxylic acids is 1. The lowest BCUT2D eigenvalue weighted by Gasteiger charge is -2.25. The Balaban J connectivity index is 1.47. The fourth-order valence-corrected chi connectivity index (χ4v) is 4.58. The van der Waals surface area contributed by atoms with Gasteiger partial charge in [-0.05, 0) is 56.5 Å². The number of amides is 1. The third kappa shape index (κ3) is 5.33. The first-order valence-corrected chi connectivity index (χ1v) is 11.8. The summed E-state index contributed by atoms with van der Waals surface area (Å²) in [5.41, 5.74) is 2.98. The average molecular weight is 435 g/mol. The Kier molecular flexibility index (Phi) is 7.48. The van der Waals surface area contributed by atoms with Gasteiger partial charge >= 0.3 is 0 Å². The lowest BCUT2D eigenvalue weighted by molar-refractivity contribution is 0.0715. The second kappa shape index (κ2) is 10.7. The van der Waals surface area contributed by atoms with Crippen molar-refractivity contribution in [1.82, 2.24) is 9.80 Å². The predicted octanol–water partition coefficient (Wildman–Crippen LogP) is 5.66. The summed E-state index contributed by atoms with van der Waals surface area (Å²) >= 11 is 0. The van der Waals surface area contributed by atoms with Crippen LogP contribution in [-0.2, 0) is 6.54 Å². The Bertz CT molecular complexity index is 1030. The number of hydrogen-bond acceptors (Lipinski definition) is 4. The highest BCUT2D eigenvalue weighted by molar-refractivity contribution is 5.99. The van der Waals surface area contributed by atoms with Gasteiger partial charge in [0.25, 0.3) is 5.91 Å². The molecule has 1 amide bonds. The van der Waals surface area contributed by atoms with Crippen molar-refractivity contribution in [1.29, 1.82) is 0 Å². The Morgan fingerprint density at radius 1 is 0.938 bits per heavy atom. The van der Waals surface area contributed by atoms with Crippen molar-refractivity contribution in [2.45, 2.75) is 45.6 Å². The number of benzene rings is 2. The number of fused-ring (bicyclic) bond motifs is 1. The summed E-state index contributed by atoms with van der Waals surface area (Å²) in [6.07, 6.45) is 5.57. The number of aryl methyl sites for hydroxylation is 1. The Labute approximate surface area is 190 Å². The zero-order valence-corrected chi connectivity index (χ0v) is 19.3. The first kappa shape index (κ1) is 22.4.